The van der Waals surface area contributed by atoms with Gasteiger partial charge in [-0.3, -0.25) is 10.1 Å². The van der Waals surface area contributed by atoms with Gasteiger partial charge in [0.05, 0.1) is 10.6 Å². The molecule has 156 valence electrons. The fourth-order valence-corrected chi connectivity index (χ4v) is 3.92. The van der Waals surface area contributed by atoms with Crippen molar-refractivity contribution in [2.45, 2.75) is 4.90 Å². The second-order valence-electron chi connectivity index (χ2n) is 6.56. The standard InChI is InChI=1S/C20H13N3O7S/c24-17-8-5-11-3-1-2-4-13(11)19(17)22-21-16-10-18(31(28,29)30)15-9-12(23(26)27)6-7-14(15)20(16)25/h1-10H,(H3-,21,22,24,25,28,29,30). The Morgan fingerprint density at radius 1 is 0.903 bits per heavy atom. The number of non-ortho nitro benzene ring substituents is 1. The lowest BCUT2D eigenvalue weighted by atomic mass is 10.1. The van der Waals surface area contributed by atoms with Gasteiger partial charge in [0.15, 0.2) is 0 Å². The first-order chi connectivity index (χ1) is 14.7. The van der Waals surface area contributed by atoms with Crippen molar-refractivity contribution in [2.75, 3.05) is 0 Å². The van der Waals surface area contributed by atoms with Crippen LogP contribution in [0.5, 0.6) is 11.5 Å². The molecule has 11 heteroatoms. The topological polar surface area (TPSA) is 169 Å². The Bertz CT molecular complexity index is 1450. The molecule has 0 unspecified atom stereocenters. The van der Waals surface area contributed by atoms with Crippen molar-refractivity contribution < 1.29 is 28.5 Å². The van der Waals surface area contributed by atoms with E-state index >= 15 is 0 Å². The Kier molecular flexibility index (Phi) is 4.85. The molecule has 0 heterocycles. The highest BCUT2D eigenvalue weighted by Gasteiger charge is 2.31. The lowest BCUT2D eigenvalue weighted by molar-refractivity contribution is -0.384. The molecule has 0 aliphatic carbocycles. The maximum Gasteiger partial charge on any atom is 0.387 e. The van der Waals surface area contributed by atoms with Gasteiger partial charge >= 0.3 is 10.5 Å². The second kappa shape index (κ2) is 7.40. The molecule has 3 N–H and O–H groups in total. The summed E-state index contributed by atoms with van der Waals surface area (Å²) in [6.45, 7) is 0. The molecule has 0 aliphatic rings. The average molecular weight is 439 g/mol. The highest BCUT2D eigenvalue weighted by Crippen LogP contribution is 2.42. The number of hydrogen-bond acceptors (Lipinski definition) is 7. The van der Waals surface area contributed by atoms with E-state index in [0.717, 1.165) is 29.7 Å². The molecule has 0 radical (unpaired) electrons. The number of aromatic hydroxyl groups is 1. The average Bonchev–Trinajstić information content (AvgIpc) is 2.73. The first kappa shape index (κ1) is 20.3. The first-order valence-electron chi connectivity index (χ1n) is 8.70. The Balaban J connectivity index is 1.94. The van der Waals surface area contributed by atoms with Crippen molar-refractivity contribution in [1.82, 2.24) is 0 Å². The fraction of sp³-hybridized carbons (Fsp3) is 0. The van der Waals surface area contributed by atoms with Gasteiger partial charge in [0.2, 0.25) is 4.90 Å². The predicted octanol–water partition coefficient (Wildman–Crippen LogP) is 4.90. The van der Waals surface area contributed by atoms with Crippen LogP contribution in [0.3, 0.4) is 0 Å². The summed E-state index contributed by atoms with van der Waals surface area (Å²) in [7, 11) is -4.60. The van der Waals surface area contributed by atoms with Crippen LogP contribution in [0.1, 0.15) is 0 Å². The zero-order chi connectivity index (χ0) is 22.3. The summed E-state index contributed by atoms with van der Waals surface area (Å²) in [6, 6.07) is 14.0. The van der Waals surface area contributed by atoms with Gasteiger partial charge in [-0.2, -0.15) is 14.2 Å². The van der Waals surface area contributed by atoms with Crippen LogP contribution in [0.15, 0.2) is 75.8 Å². The number of azo groups is 1. The maximum absolute atomic E-state index is 12.8. The van der Waals surface area contributed by atoms with Crippen LogP contribution < -0.4 is 5.11 Å². The summed E-state index contributed by atoms with van der Waals surface area (Å²) >= 11 is 0. The quantitative estimate of drug-likeness (QED) is 0.176. The molecule has 0 fully saturated rings. The molecule has 0 saturated heterocycles. The predicted molar refractivity (Wildman–Crippen MR) is 111 cm³/mol. The lowest BCUT2D eigenvalue weighted by Crippen LogP contribution is -2.09. The van der Waals surface area contributed by atoms with Crippen LogP contribution >= 0.6 is 0 Å². The first-order valence-corrected chi connectivity index (χ1v) is 10.2. The molecular weight excluding hydrogens is 426 g/mol. The fourth-order valence-electron chi connectivity index (χ4n) is 3.20. The van der Waals surface area contributed by atoms with Crippen LogP contribution in [0, 0.1) is 10.1 Å². The highest BCUT2D eigenvalue weighted by molar-refractivity contribution is 7.92. The maximum atomic E-state index is 12.8. The lowest BCUT2D eigenvalue weighted by Gasteiger charge is -2.14. The van der Waals surface area contributed by atoms with E-state index in [1.54, 1.807) is 30.3 Å². The van der Waals surface area contributed by atoms with E-state index in [9.17, 15) is 33.6 Å². The van der Waals surface area contributed by atoms with Crippen molar-refractivity contribution in [2.24, 2.45) is 10.2 Å². The van der Waals surface area contributed by atoms with Crippen LogP contribution in [-0.4, -0.2) is 19.1 Å². The Hall–Kier alpha value is -3.93. The van der Waals surface area contributed by atoms with Crippen molar-refractivity contribution in [3.63, 3.8) is 0 Å². The summed E-state index contributed by atoms with van der Waals surface area (Å²) in [5.74, 6) is -0.916. The van der Waals surface area contributed by atoms with Gasteiger partial charge in [0.1, 0.15) is 11.4 Å². The summed E-state index contributed by atoms with van der Waals surface area (Å²) in [5.41, 5.74) is -0.733. The third-order valence-corrected chi connectivity index (χ3v) is 5.56. The third-order valence-electron chi connectivity index (χ3n) is 4.65. The number of nitrogens with zero attached hydrogens (tertiary/aromatic N) is 3. The Labute approximate surface area is 175 Å². The molecule has 10 nitrogen and oxygen atoms in total. The molecule has 0 atom stereocenters. The molecule has 0 spiro atoms. The molecule has 0 amide bonds. The van der Waals surface area contributed by atoms with E-state index in [2.05, 4.69) is 10.2 Å². The zero-order valence-electron chi connectivity index (χ0n) is 15.5. The van der Waals surface area contributed by atoms with Gasteiger partial charge in [0.25, 0.3) is 5.69 Å². The molecular formula is C20H13N3O7S. The van der Waals surface area contributed by atoms with Gasteiger partial charge in [-0.25, -0.2) is 0 Å². The van der Waals surface area contributed by atoms with E-state index < -0.39 is 31.8 Å². The minimum atomic E-state index is -4.60. The number of fused-ring (bicyclic) bond motifs is 2. The minimum absolute atomic E-state index is 0.0802. The largest absolute Gasteiger partial charge is 0.871 e. The molecule has 0 aromatic heterocycles. The second-order valence-corrected chi connectivity index (χ2v) is 7.99. The van der Waals surface area contributed by atoms with Gasteiger partial charge in [-0.1, -0.05) is 36.1 Å². The van der Waals surface area contributed by atoms with E-state index in [4.69, 9.17) is 0 Å². The van der Waals surface area contributed by atoms with E-state index in [1.165, 1.54) is 6.07 Å². The van der Waals surface area contributed by atoms with Gasteiger partial charge in [-0.05, 0) is 27.1 Å². The monoisotopic (exact) mass is 439 g/mol. The van der Waals surface area contributed by atoms with Crippen molar-refractivity contribution in [3.05, 3.63) is 70.8 Å². The van der Waals surface area contributed by atoms with Crippen LogP contribution in [0.4, 0.5) is 17.1 Å². The normalized spacial score (nSPS) is 12.1. The Morgan fingerprint density at radius 2 is 1.65 bits per heavy atom. The van der Waals surface area contributed by atoms with Crippen LogP contribution in [-0.2, 0) is 14.7 Å². The van der Waals surface area contributed by atoms with Crippen LogP contribution in [0.2, 0.25) is 0 Å². The number of phenolic OH excluding ortho intramolecular Hbond substituents is 1. The number of nitro benzene ring substituents is 1. The van der Waals surface area contributed by atoms with E-state index in [-0.39, 0.29) is 27.9 Å². The van der Waals surface area contributed by atoms with Crippen molar-refractivity contribution in [3.8, 4) is 11.5 Å². The molecule has 31 heavy (non-hydrogen) atoms. The summed E-state index contributed by atoms with van der Waals surface area (Å²) in [4.78, 5) is 9.69. The number of rotatable bonds is 4. The zero-order valence-corrected chi connectivity index (χ0v) is 16.3. The number of benzene rings is 4. The molecule has 4 aromatic carbocycles. The number of hydrogen-bond donors (Lipinski definition) is 3. The van der Waals surface area contributed by atoms with Crippen molar-refractivity contribution >= 4 is 49.1 Å². The van der Waals surface area contributed by atoms with Crippen molar-refractivity contribution in [1.29, 1.82) is 0 Å². The van der Waals surface area contributed by atoms with E-state index in [0.29, 0.717) is 5.39 Å². The number of nitro groups is 1. The van der Waals surface area contributed by atoms with Gasteiger partial charge < -0.3 is 10.2 Å². The molecule has 0 saturated carbocycles. The summed E-state index contributed by atoms with van der Waals surface area (Å²) in [5, 5.41) is 42.7. The minimum Gasteiger partial charge on any atom is -0.871 e. The summed E-state index contributed by atoms with van der Waals surface area (Å²) < 4.78 is 31.4. The van der Waals surface area contributed by atoms with Crippen LogP contribution in [0.25, 0.3) is 21.5 Å². The molecule has 4 aromatic rings. The molecule has 4 rings (SSSR count). The van der Waals surface area contributed by atoms with Gasteiger partial charge in [-0.15, -0.1) is 5.11 Å². The SMILES string of the molecule is O=[N+]([O-])c1ccc2c([O-])c(N=Nc3c(O)ccc4ccccc34)cc([S+](=O)(O)O)c2c1. The Morgan fingerprint density at radius 3 is 2.35 bits per heavy atom. The van der Waals surface area contributed by atoms with Gasteiger partial charge in [0, 0.05) is 29.0 Å². The van der Waals surface area contributed by atoms with E-state index in [1.807, 2.05) is 0 Å². The highest BCUT2D eigenvalue weighted by atomic mass is 32.3. The summed E-state index contributed by atoms with van der Waals surface area (Å²) in [6.07, 6.45) is 0. The third kappa shape index (κ3) is 3.68. The smallest absolute Gasteiger partial charge is 0.387 e. The molecule has 0 aliphatic heterocycles. The molecule has 0 bridgehead atoms. The number of phenols is 1.